The summed E-state index contributed by atoms with van der Waals surface area (Å²) in [7, 11) is 2.10. The van der Waals surface area contributed by atoms with Crippen LogP contribution in [0.4, 0.5) is 5.00 Å². The van der Waals surface area contributed by atoms with E-state index < -0.39 is 0 Å². The van der Waals surface area contributed by atoms with E-state index in [0.29, 0.717) is 6.61 Å². The van der Waals surface area contributed by atoms with E-state index in [4.69, 9.17) is 14.8 Å². The van der Waals surface area contributed by atoms with Crippen molar-refractivity contribution in [2.24, 2.45) is 5.16 Å². The first-order chi connectivity index (χ1) is 13.2. The first kappa shape index (κ1) is 18.1. The number of hydrogen-bond acceptors (Lipinski definition) is 8. The van der Waals surface area contributed by atoms with Gasteiger partial charge in [0.05, 0.1) is 10.6 Å². The molecule has 0 amide bonds. The van der Waals surface area contributed by atoms with Crippen LogP contribution in [0.15, 0.2) is 29.7 Å². The van der Waals surface area contributed by atoms with Crippen LogP contribution in [0.2, 0.25) is 0 Å². The Hall–Kier alpha value is -2.32. The molecule has 4 rings (SSSR count). The minimum atomic E-state index is 0.633. The Bertz CT molecular complexity index is 964. The van der Waals surface area contributed by atoms with E-state index in [1.807, 2.05) is 25.3 Å². The average molecular weight is 400 g/mol. The minimum Gasteiger partial charge on any atom is -0.396 e. The van der Waals surface area contributed by atoms with Gasteiger partial charge in [-0.05, 0) is 25.5 Å². The van der Waals surface area contributed by atoms with Gasteiger partial charge in [-0.1, -0.05) is 23.4 Å². The summed E-state index contributed by atoms with van der Waals surface area (Å²) < 4.78 is 0. The van der Waals surface area contributed by atoms with Gasteiger partial charge in [0.15, 0.2) is 0 Å². The van der Waals surface area contributed by atoms with E-state index >= 15 is 0 Å². The van der Waals surface area contributed by atoms with Crippen LogP contribution in [0.5, 0.6) is 0 Å². The third kappa shape index (κ3) is 3.59. The molecule has 0 fully saturated rings. The first-order valence-electron chi connectivity index (χ1n) is 8.96. The molecule has 0 radical (unpaired) electrons. The van der Waals surface area contributed by atoms with Gasteiger partial charge in [0.25, 0.3) is 0 Å². The summed E-state index contributed by atoms with van der Waals surface area (Å²) in [4.78, 5) is 22.6. The molecule has 6 nitrogen and oxygen atoms in total. The second-order valence-electron chi connectivity index (χ2n) is 6.39. The fraction of sp³-hybridized carbons (Fsp3) is 0.368. The Morgan fingerprint density at radius 1 is 1.26 bits per heavy atom. The van der Waals surface area contributed by atoms with Gasteiger partial charge < -0.3 is 9.74 Å². The van der Waals surface area contributed by atoms with Gasteiger partial charge in [0.1, 0.15) is 33.0 Å². The number of fused-ring (bicyclic) bond motifs is 1. The second-order valence-corrected chi connectivity index (χ2v) is 8.37. The van der Waals surface area contributed by atoms with Crippen LogP contribution in [0.3, 0.4) is 0 Å². The molecular weight excluding hydrogens is 378 g/mol. The van der Waals surface area contributed by atoms with Crippen LogP contribution in [0.1, 0.15) is 31.2 Å². The van der Waals surface area contributed by atoms with Gasteiger partial charge in [0.2, 0.25) is 0 Å². The fourth-order valence-electron chi connectivity index (χ4n) is 2.86. The summed E-state index contributed by atoms with van der Waals surface area (Å²) in [6.07, 6.45) is 5.41. The monoisotopic (exact) mass is 399 g/mol. The molecule has 8 heteroatoms. The maximum Gasteiger partial charge on any atom is 0.138 e. The normalized spacial score (nSPS) is 15.2. The van der Waals surface area contributed by atoms with Crippen molar-refractivity contribution in [3.63, 3.8) is 0 Å². The smallest absolute Gasteiger partial charge is 0.138 e. The molecule has 1 aliphatic rings. The van der Waals surface area contributed by atoms with Gasteiger partial charge in [-0.15, -0.1) is 11.3 Å². The van der Waals surface area contributed by atoms with E-state index in [1.54, 1.807) is 28.9 Å². The summed E-state index contributed by atoms with van der Waals surface area (Å²) in [5.74, 6) is 0. The van der Waals surface area contributed by atoms with Gasteiger partial charge in [-0.25, -0.2) is 9.97 Å². The number of pyridine rings is 1. The molecule has 140 valence electrons. The highest BCUT2D eigenvalue weighted by Crippen LogP contribution is 2.42. The molecule has 0 spiro atoms. The molecule has 0 aliphatic carbocycles. The summed E-state index contributed by atoms with van der Waals surface area (Å²) in [6, 6.07) is 3.97. The Morgan fingerprint density at radius 3 is 2.93 bits per heavy atom. The van der Waals surface area contributed by atoms with Gasteiger partial charge in [-0.3, -0.25) is 4.98 Å². The summed E-state index contributed by atoms with van der Waals surface area (Å²) >= 11 is 3.36. The quantitative estimate of drug-likeness (QED) is 0.463. The van der Waals surface area contributed by atoms with Crippen molar-refractivity contribution in [1.82, 2.24) is 15.0 Å². The van der Waals surface area contributed by atoms with Crippen molar-refractivity contribution in [3.8, 4) is 20.5 Å². The Balaban J connectivity index is 1.71. The third-order valence-electron chi connectivity index (χ3n) is 4.28. The second kappa shape index (κ2) is 7.74. The van der Waals surface area contributed by atoms with Gasteiger partial charge in [0, 0.05) is 38.0 Å². The predicted octanol–water partition coefficient (Wildman–Crippen LogP) is 4.61. The lowest BCUT2D eigenvalue weighted by Gasteiger charge is -2.23. The molecule has 0 saturated carbocycles. The highest BCUT2D eigenvalue weighted by Gasteiger charge is 2.27. The molecule has 0 saturated heterocycles. The maximum atomic E-state index is 5.43. The number of oxime groups is 1. The van der Waals surface area contributed by atoms with Gasteiger partial charge in [-0.2, -0.15) is 0 Å². The molecule has 0 atom stereocenters. The van der Waals surface area contributed by atoms with E-state index in [9.17, 15) is 0 Å². The Kier molecular flexibility index (Phi) is 5.18. The number of hydrogen-bond donors (Lipinski definition) is 0. The number of thiazole rings is 2. The minimum absolute atomic E-state index is 0.633. The standard InChI is InChI=1S/C19H21N5OS2/c1-4-10-25-23-14-7-9-24(3)19-15(14)22-18(27-19)16-12(2)21-17(26-16)13-6-5-8-20-11-13/h5-6,8,11H,4,7,9-10H2,1-3H3. The predicted molar refractivity (Wildman–Crippen MR) is 112 cm³/mol. The number of rotatable bonds is 5. The lowest BCUT2D eigenvalue weighted by Crippen LogP contribution is -2.27. The largest absolute Gasteiger partial charge is 0.396 e. The van der Waals surface area contributed by atoms with Crippen LogP contribution in [0, 0.1) is 6.92 Å². The Labute approximate surface area is 166 Å². The SMILES string of the molecule is CCCON=C1CCN(C)c2sc(-c3sc(-c4cccnc4)nc3C)nc21. The zero-order valence-corrected chi connectivity index (χ0v) is 17.2. The molecule has 0 N–H and O–H groups in total. The zero-order chi connectivity index (χ0) is 18.8. The average Bonchev–Trinajstić information content (AvgIpc) is 3.29. The van der Waals surface area contributed by atoms with Crippen LogP contribution in [-0.2, 0) is 4.84 Å². The number of anilines is 1. The maximum absolute atomic E-state index is 5.43. The number of aryl methyl sites for hydroxylation is 1. The molecule has 3 aromatic heterocycles. The van der Waals surface area contributed by atoms with Crippen LogP contribution in [-0.4, -0.2) is 40.9 Å². The van der Waals surface area contributed by atoms with Crippen molar-refractivity contribution < 1.29 is 4.84 Å². The van der Waals surface area contributed by atoms with E-state index in [2.05, 4.69) is 29.0 Å². The van der Waals surface area contributed by atoms with Crippen molar-refractivity contribution in [2.75, 3.05) is 25.1 Å². The fourth-order valence-corrected chi connectivity index (χ4v) is 5.12. The summed E-state index contributed by atoms with van der Waals surface area (Å²) in [5, 5.41) is 7.45. The van der Waals surface area contributed by atoms with E-state index in [1.165, 1.54) is 0 Å². The first-order valence-corrected chi connectivity index (χ1v) is 10.6. The van der Waals surface area contributed by atoms with Crippen molar-refractivity contribution in [1.29, 1.82) is 0 Å². The topological polar surface area (TPSA) is 63.5 Å². The summed E-state index contributed by atoms with van der Waals surface area (Å²) in [6.45, 7) is 5.67. The van der Waals surface area contributed by atoms with E-state index in [-0.39, 0.29) is 0 Å². The highest BCUT2D eigenvalue weighted by molar-refractivity contribution is 7.25. The summed E-state index contributed by atoms with van der Waals surface area (Å²) in [5.41, 5.74) is 3.91. The molecule has 1 aliphatic heterocycles. The van der Waals surface area contributed by atoms with Crippen molar-refractivity contribution >= 4 is 33.4 Å². The third-order valence-corrected chi connectivity index (χ3v) is 6.81. The van der Waals surface area contributed by atoms with E-state index in [0.717, 1.165) is 61.9 Å². The van der Waals surface area contributed by atoms with Crippen LogP contribution >= 0.6 is 22.7 Å². The lowest BCUT2D eigenvalue weighted by molar-refractivity contribution is 0.144. The van der Waals surface area contributed by atoms with Crippen molar-refractivity contribution in [3.05, 3.63) is 35.9 Å². The highest BCUT2D eigenvalue weighted by atomic mass is 32.1. The molecule has 4 heterocycles. The molecule has 3 aromatic rings. The van der Waals surface area contributed by atoms with Crippen LogP contribution < -0.4 is 4.90 Å². The zero-order valence-electron chi connectivity index (χ0n) is 15.6. The van der Waals surface area contributed by atoms with Gasteiger partial charge >= 0.3 is 0 Å². The number of aromatic nitrogens is 3. The molecule has 27 heavy (non-hydrogen) atoms. The van der Waals surface area contributed by atoms with Crippen molar-refractivity contribution in [2.45, 2.75) is 26.7 Å². The molecule has 0 unspecified atom stereocenters. The van der Waals surface area contributed by atoms with Crippen LogP contribution in [0.25, 0.3) is 20.5 Å². The molecule has 0 bridgehead atoms. The number of nitrogens with zero attached hydrogens (tertiary/aromatic N) is 5. The lowest BCUT2D eigenvalue weighted by atomic mass is 10.1. The Morgan fingerprint density at radius 2 is 2.15 bits per heavy atom. The molecular formula is C19H21N5OS2. The molecule has 0 aromatic carbocycles.